The lowest BCUT2D eigenvalue weighted by molar-refractivity contribution is -0.142. The van der Waals surface area contributed by atoms with Gasteiger partial charge < -0.3 is 9.15 Å². The maximum atomic E-state index is 12.3. The van der Waals surface area contributed by atoms with E-state index >= 15 is 0 Å². The van der Waals surface area contributed by atoms with E-state index in [1.54, 1.807) is 11.8 Å². The fourth-order valence-electron chi connectivity index (χ4n) is 3.42. The van der Waals surface area contributed by atoms with Crippen LogP contribution in [0.1, 0.15) is 57.8 Å². The number of furan rings is 1. The Balaban J connectivity index is 1.81. The van der Waals surface area contributed by atoms with Gasteiger partial charge in [-0.25, -0.2) is 0 Å². The van der Waals surface area contributed by atoms with Gasteiger partial charge in [0.15, 0.2) is 0 Å². The number of aryl methyl sites for hydroxylation is 2. The molecule has 1 aliphatic rings. The Morgan fingerprint density at radius 1 is 1.24 bits per heavy atom. The van der Waals surface area contributed by atoms with E-state index in [0.717, 1.165) is 41.9 Å². The van der Waals surface area contributed by atoms with E-state index in [0.29, 0.717) is 12.5 Å². The minimum atomic E-state index is -0.137. The number of esters is 1. The first-order valence-electron chi connectivity index (χ1n) is 9.46. The minimum Gasteiger partial charge on any atom is -0.465 e. The number of carbonyl (C=O) groups is 1. The SMILES string of the molecule is CCOC(=O)C(CCC(C)C)Sc1ccc2oc3c(c2c1)CCCC3. The van der Waals surface area contributed by atoms with Gasteiger partial charge in [-0.15, -0.1) is 11.8 Å². The number of fused-ring (bicyclic) bond motifs is 3. The largest absolute Gasteiger partial charge is 0.465 e. The smallest absolute Gasteiger partial charge is 0.319 e. The van der Waals surface area contributed by atoms with Gasteiger partial charge in [0, 0.05) is 22.3 Å². The summed E-state index contributed by atoms with van der Waals surface area (Å²) in [6.45, 7) is 6.69. The lowest BCUT2D eigenvalue weighted by Gasteiger charge is -2.16. The molecule has 0 saturated heterocycles. The number of thioether (sulfide) groups is 1. The van der Waals surface area contributed by atoms with Gasteiger partial charge >= 0.3 is 5.97 Å². The second-order valence-corrected chi connectivity index (χ2v) is 8.47. The summed E-state index contributed by atoms with van der Waals surface area (Å²) >= 11 is 1.63. The molecule has 0 radical (unpaired) electrons. The molecule has 1 unspecified atom stereocenters. The second-order valence-electron chi connectivity index (χ2n) is 7.20. The van der Waals surface area contributed by atoms with Gasteiger partial charge in [0.25, 0.3) is 0 Å². The van der Waals surface area contributed by atoms with E-state index in [9.17, 15) is 4.79 Å². The third-order valence-electron chi connectivity index (χ3n) is 4.76. The van der Waals surface area contributed by atoms with E-state index in [-0.39, 0.29) is 11.2 Å². The van der Waals surface area contributed by atoms with E-state index in [4.69, 9.17) is 9.15 Å². The molecule has 2 aromatic rings. The van der Waals surface area contributed by atoms with E-state index in [1.165, 1.54) is 23.8 Å². The lowest BCUT2D eigenvalue weighted by Crippen LogP contribution is -2.20. The Hall–Kier alpha value is -1.42. The van der Waals surface area contributed by atoms with Crippen molar-refractivity contribution < 1.29 is 13.9 Å². The first kappa shape index (κ1) is 18.4. The van der Waals surface area contributed by atoms with Gasteiger partial charge in [-0.1, -0.05) is 13.8 Å². The highest BCUT2D eigenvalue weighted by atomic mass is 32.2. The van der Waals surface area contributed by atoms with Crippen LogP contribution in [0.4, 0.5) is 0 Å². The molecular formula is C21H28O3S. The number of rotatable bonds is 7. The molecule has 1 atom stereocenters. The van der Waals surface area contributed by atoms with E-state index in [2.05, 4.69) is 32.0 Å². The Morgan fingerprint density at radius 3 is 2.80 bits per heavy atom. The predicted molar refractivity (Wildman–Crippen MR) is 103 cm³/mol. The Morgan fingerprint density at radius 2 is 2.04 bits per heavy atom. The molecule has 0 aliphatic heterocycles. The Bertz CT molecular complexity index is 732. The number of hydrogen-bond donors (Lipinski definition) is 0. The molecule has 25 heavy (non-hydrogen) atoms. The Labute approximate surface area is 154 Å². The quantitative estimate of drug-likeness (QED) is 0.464. The van der Waals surface area contributed by atoms with Crippen molar-refractivity contribution in [1.29, 1.82) is 0 Å². The molecule has 1 aromatic carbocycles. The average molecular weight is 361 g/mol. The van der Waals surface area contributed by atoms with Gasteiger partial charge in [0.05, 0.1) is 6.61 Å². The molecule has 0 saturated carbocycles. The molecule has 3 nitrogen and oxygen atoms in total. The topological polar surface area (TPSA) is 39.4 Å². The summed E-state index contributed by atoms with van der Waals surface area (Å²) in [6.07, 6.45) is 6.48. The second kappa shape index (κ2) is 8.31. The van der Waals surface area contributed by atoms with Crippen LogP contribution in [0, 0.1) is 5.92 Å². The summed E-state index contributed by atoms with van der Waals surface area (Å²) in [6, 6.07) is 6.33. The highest BCUT2D eigenvalue weighted by Gasteiger charge is 2.23. The van der Waals surface area contributed by atoms with Gasteiger partial charge in [-0.3, -0.25) is 4.79 Å². The summed E-state index contributed by atoms with van der Waals surface area (Å²) in [5, 5.41) is 1.09. The van der Waals surface area contributed by atoms with Crippen molar-refractivity contribution in [3.05, 3.63) is 29.5 Å². The van der Waals surface area contributed by atoms with Gasteiger partial charge in [-0.2, -0.15) is 0 Å². The van der Waals surface area contributed by atoms with Crippen LogP contribution in [0.15, 0.2) is 27.5 Å². The standard InChI is InChI=1S/C21H28O3S/c1-4-23-21(22)20(12-9-14(2)3)25-15-10-11-19-17(13-15)16-7-5-6-8-18(16)24-19/h10-11,13-14,20H,4-9,12H2,1-3H3. The lowest BCUT2D eigenvalue weighted by atomic mass is 9.96. The van der Waals surface area contributed by atoms with Crippen molar-refractivity contribution in [3.8, 4) is 0 Å². The number of benzene rings is 1. The highest BCUT2D eigenvalue weighted by Crippen LogP contribution is 2.36. The van der Waals surface area contributed by atoms with Crippen LogP contribution in [0.25, 0.3) is 11.0 Å². The van der Waals surface area contributed by atoms with E-state index < -0.39 is 0 Å². The molecule has 1 aliphatic carbocycles. The normalized spacial score (nSPS) is 15.4. The van der Waals surface area contributed by atoms with Crippen LogP contribution in [-0.2, 0) is 22.4 Å². The molecule has 0 amide bonds. The zero-order valence-electron chi connectivity index (χ0n) is 15.5. The average Bonchev–Trinajstić information content (AvgIpc) is 2.96. The van der Waals surface area contributed by atoms with E-state index in [1.807, 2.05) is 6.92 Å². The maximum Gasteiger partial charge on any atom is 0.319 e. The zero-order valence-corrected chi connectivity index (χ0v) is 16.3. The summed E-state index contributed by atoms with van der Waals surface area (Å²) in [7, 11) is 0. The number of ether oxygens (including phenoxy) is 1. The molecule has 0 fully saturated rings. The van der Waals surface area contributed by atoms with Crippen molar-refractivity contribution in [3.63, 3.8) is 0 Å². The fraction of sp³-hybridized carbons (Fsp3) is 0.571. The van der Waals surface area contributed by atoms with Crippen LogP contribution in [0.2, 0.25) is 0 Å². The number of hydrogen-bond acceptors (Lipinski definition) is 4. The molecule has 136 valence electrons. The summed E-state index contributed by atoms with van der Waals surface area (Å²) in [5.41, 5.74) is 2.35. The minimum absolute atomic E-state index is 0.0949. The van der Waals surface area contributed by atoms with Crippen molar-refractivity contribution in [2.45, 2.75) is 69.4 Å². The third kappa shape index (κ3) is 4.41. The van der Waals surface area contributed by atoms with Crippen LogP contribution in [0.3, 0.4) is 0 Å². The molecule has 0 bridgehead atoms. The van der Waals surface area contributed by atoms with Crippen LogP contribution in [-0.4, -0.2) is 17.8 Å². The van der Waals surface area contributed by atoms with Crippen LogP contribution >= 0.6 is 11.8 Å². The fourth-order valence-corrected chi connectivity index (χ4v) is 4.50. The monoisotopic (exact) mass is 360 g/mol. The first-order valence-corrected chi connectivity index (χ1v) is 10.3. The number of carbonyl (C=O) groups excluding carboxylic acids is 1. The van der Waals surface area contributed by atoms with Crippen molar-refractivity contribution in [1.82, 2.24) is 0 Å². The van der Waals surface area contributed by atoms with Crippen LogP contribution in [0.5, 0.6) is 0 Å². The predicted octanol–water partition coefficient (Wildman–Crippen LogP) is 5.77. The maximum absolute atomic E-state index is 12.3. The van der Waals surface area contributed by atoms with Gasteiger partial charge in [0.2, 0.25) is 0 Å². The van der Waals surface area contributed by atoms with Gasteiger partial charge in [-0.05, 0) is 63.1 Å². The molecule has 1 heterocycles. The first-order chi connectivity index (χ1) is 12.1. The molecule has 0 spiro atoms. The Kier molecular flexibility index (Phi) is 6.10. The van der Waals surface area contributed by atoms with Crippen molar-refractivity contribution in [2.75, 3.05) is 6.61 Å². The van der Waals surface area contributed by atoms with Crippen LogP contribution < -0.4 is 0 Å². The summed E-state index contributed by atoms with van der Waals surface area (Å²) in [4.78, 5) is 13.5. The molecular weight excluding hydrogens is 332 g/mol. The van der Waals surface area contributed by atoms with Gasteiger partial charge in [0.1, 0.15) is 16.6 Å². The molecule has 3 rings (SSSR count). The summed E-state index contributed by atoms with van der Waals surface area (Å²) in [5.74, 6) is 1.65. The van der Waals surface area contributed by atoms with Crippen molar-refractivity contribution in [2.24, 2.45) is 5.92 Å². The third-order valence-corrected chi connectivity index (χ3v) is 6.00. The molecule has 4 heteroatoms. The summed E-state index contributed by atoms with van der Waals surface area (Å²) < 4.78 is 11.3. The zero-order chi connectivity index (χ0) is 17.8. The van der Waals surface area contributed by atoms with Crippen molar-refractivity contribution >= 4 is 28.7 Å². The molecule has 1 aromatic heterocycles. The highest BCUT2D eigenvalue weighted by molar-refractivity contribution is 8.00. The molecule has 0 N–H and O–H groups in total.